The number of nitrogens with zero attached hydrogens (tertiary/aromatic N) is 2. The summed E-state index contributed by atoms with van der Waals surface area (Å²) in [6.07, 6.45) is -1.46. The summed E-state index contributed by atoms with van der Waals surface area (Å²) in [7, 11) is 1.22. The molecule has 1 aromatic heterocycles. The first-order chi connectivity index (χ1) is 13.9. The fraction of sp³-hybridized carbons (Fsp3) is 0.316. The molecule has 1 aromatic carbocycles. The summed E-state index contributed by atoms with van der Waals surface area (Å²) in [6.45, 7) is 0.0996. The summed E-state index contributed by atoms with van der Waals surface area (Å²) in [4.78, 5) is 28.7. The molecule has 1 N–H and O–H groups in total. The van der Waals surface area contributed by atoms with Crippen LogP contribution in [0, 0.1) is 5.82 Å². The van der Waals surface area contributed by atoms with Crippen LogP contribution in [-0.2, 0) is 9.47 Å². The Morgan fingerprint density at radius 1 is 1.38 bits per heavy atom. The molecular weight excluding hydrogens is 407 g/mol. The molecule has 29 heavy (non-hydrogen) atoms. The van der Waals surface area contributed by atoms with Gasteiger partial charge < -0.3 is 24.2 Å². The molecule has 0 spiro atoms. The Labute approximate surface area is 170 Å². The Kier molecular flexibility index (Phi) is 6.50. The van der Waals surface area contributed by atoms with Gasteiger partial charge in [-0.15, -0.1) is 0 Å². The molecule has 1 aliphatic heterocycles. The second-order valence-corrected chi connectivity index (χ2v) is 6.60. The summed E-state index contributed by atoms with van der Waals surface area (Å²) in [5.41, 5.74) is 0.488. The van der Waals surface area contributed by atoms with Crippen molar-refractivity contribution in [3.05, 3.63) is 58.5 Å². The lowest BCUT2D eigenvalue weighted by molar-refractivity contribution is -0.0116. The standard InChI is InChI=1S/C19H18ClFN2O6/c1-27-18(24)12-3-2-6-22-17(12)29-15-10-23(19(25)26)7-8-28-16(15)11-4-5-13(20)14(21)9-11/h2-6,9,15-16H,7-8,10H2,1H3,(H,25,26). The fourth-order valence-corrected chi connectivity index (χ4v) is 3.09. The van der Waals surface area contributed by atoms with Gasteiger partial charge in [0.25, 0.3) is 0 Å². The maximum atomic E-state index is 14.0. The molecule has 2 aromatic rings. The Hall–Kier alpha value is -2.91. The molecule has 3 rings (SSSR count). The third kappa shape index (κ3) is 4.75. The summed E-state index contributed by atoms with van der Waals surface area (Å²) in [5, 5.41) is 9.36. The van der Waals surface area contributed by atoms with Crippen LogP contribution in [0.4, 0.5) is 9.18 Å². The number of rotatable bonds is 4. The molecule has 0 bridgehead atoms. The van der Waals surface area contributed by atoms with Crippen LogP contribution >= 0.6 is 11.6 Å². The van der Waals surface area contributed by atoms with Gasteiger partial charge in [0.05, 0.1) is 25.3 Å². The molecule has 1 amide bonds. The smallest absolute Gasteiger partial charge is 0.407 e. The van der Waals surface area contributed by atoms with Gasteiger partial charge in [0.1, 0.15) is 23.6 Å². The van der Waals surface area contributed by atoms with Crippen LogP contribution in [-0.4, -0.2) is 60.0 Å². The number of benzene rings is 1. The normalized spacial score (nSPS) is 19.3. The fourth-order valence-electron chi connectivity index (χ4n) is 2.97. The van der Waals surface area contributed by atoms with Crippen molar-refractivity contribution in [2.45, 2.75) is 12.2 Å². The first kappa shape index (κ1) is 20.8. The van der Waals surface area contributed by atoms with Gasteiger partial charge in [0.2, 0.25) is 5.88 Å². The predicted octanol–water partition coefficient (Wildman–Crippen LogP) is 3.16. The van der Waals surface area contributed by atoms with E-state index in [2.05, 4.69) is 4.98 Å². The van der Waals surface area contributed by atoms with Gasteiger partial charge >= 0.3 is 12.1 Å². The summed E-state index contributed by atoms with van der Waals surface area (Å²) < 4.78 is 30.4. The highest BCUT2D eigenvalue weighted by Gasteiger charge is 2.34. The molecule has 10 heteroatoms. The van der Waals surface area contributed by atoms with E-state index in [1.165, 1.54) is 37.6 Å². The highest BCUT2D eigenvalue weighted by atomic mass is 35.5. The first-order valence-corrected chi connectivity index (χ1v) is 9.03. The van der Waals surface area contributed by atoms with Crippen molar-refractivity contribution in [3.8, 4) is 5.88 Å². The van der Waals surface area contributed by atoms with E-state index in [9.17, 15) is 19.1 Å². The number of ether oxygens (including phenoxy) is 3. The second kappa shape index (κ2) is 9.06. The third-order valence-electron chi connectivity index (χ3n) is 4.38. The maximum absolute atomic E-state index is 14.0. The summed E-state index contributed by atoms with van der Waals surface area (Å²) in [5.74, 6) is -1.34. The van der Waals surface area contributed by atoms with Crippen molar-refractivity contribution in [1.82, 2.24) is 9.88 Å². The number of amides is 1. The highest BCUT2D eigenvalue weighted by molar-refractivity contribution is 6.30. The minimum absolute atomic E-state index is 0.0420. The number of hydrogen-bond donors (Lipinski definition) is 1. The van der Waals surface area contributed by atoms with Gasteiger partial charge in [-0.05, 0) is 29.8 Å². The molecule has 1 aliphatic rings. The van der Waals surface area contributed by atoms with Gasteiger partial charge in [-0.3, -0.25) is 0 Å². The zero-order valence-corrected chi connectivity index (χ0v) is 16.1. The van der Waals surface area contributed by atoms with E-state index in [1.807, 2.05) is 0 Å². The van der Waals surface area contributed by atoms with Crippen LogP contribution < -0.4 is 4.74 Å². The minimum atomic E-state index is -1.15. The average Bonchev–Trinajstić information content (AvgIpc) is 2.92. The zero-order chi connectivity index (χ0) is 21.0. The topological polar surface area (TPSA) is 98.2 Å². The molecular formula is C19H18ClFN2O6. The molecule has 154 valence electrons. The van der Waals surface area contributed by atoms with Gasteiger partial charge in [-0.1, -0.05) is 17.7 Å². The maximum Gasteiger partial charge on any atom is 0.407 e. The molecule has 0 radical (unpaired) electrons. The Bertz CT molecular complexity index is 912. The van der Waals surface area contributed by atoms with E-state index in [0.717, 1.165) is 4.90 Å². The van der Waals surface area contributed by atoms with E-state index < -0.39 is 30.1 Å². The first-order valence-electron chi connectivity index (χ1n) is 8.65. The Balaban J connectivity index is 1.98. The average molecular weight is 425 g/mol. The Morgan fingerprint density at radius 3 is 2.86 bits per heavy atom. The van der Waals surface area contributed by atoms with Crippen molar-refractivity contribution in [3.63, 3.8) is 0 Å². The van der Waals surface area contributed by atoms with E-state index in [4.69, 9.17) is 25.8 Å². The van der Waals surface area contributed by atoms with Crippen molar-refractivity contribution >= 4 is 23.7 Å². The summed E-state index contributed by atoms with van der Waals surface area (Å²) in [6, 6.07) is 7.17. The third-order valence-corrected chi connectivity index (χ3v) is 4.69. The second-order valence-electron chi connectivity index (χ2n) is 6.20. The summed E-state index contributed by atoms with van der Waals surface area (Å²) >= 11 is 5.76. The van der Waals surface area contributed by atoms with E-state index >= 15 is 0 Å². The number of hydrogen-bond acceptors (Lipinski definition) is 6. The molecule has 1 saturated heterocycles. The molecule has 2 unspecified atom stereocenters. The minimum Gasteiger partial charge on any atom is -0.469 e. The van der Waals surface area contributed by atoms with Gasteiger partial charge in [0.15, 0.2) is 0 Å². The monoisotopic (exact) mass is 424 g/mol. The number of methoxy groups -OCH3 is 1. The van der Waals surface area contributed by atoms with Crippen LogP contribution in [0.25, 0.3) is 0 Å². The van der Waals surface area contributed by atoms with E-state index in [0.29, 0.717) is 5.56 Å². The van der Waals surface area contributed by atoms with Crippen LogP contribution in [0.1, 0.15) is 22.0 Å². The predicted molar refractivity (Wildman–Crippen MR) is 99.7 cm³/mol. The highest BCUT2D eigenvalue weighted by Crippen LogP contribution is 2.30. The number of aromatic nitrogens is 1. The van der Waals surface area contributed by atoms with Gasteiger partial charge in [-0.2, -0.15) is 0 Å². The van der Waals surface area contributed by atoms with Crippen LogP contribution in [0.2, 0.25) is 5.02 Å². The molecule has 0 aliphatic carbocycles. The van der Waals surface area contributed by atoms with Crippen LogP contribution in [0.3, 0.4) is 0 Å². The molecule has 8 nitrogen and oxygen atoms in total. The number of pyridine rings is 1. The van der Waals surface area contributed by atoms with Gasteiger partial charge in [0, 0.05) is 12.7 Å². The number of esters is 1. The SMILES string of the molecule is COC(=O)c1cccnc1OC1CN(C(=O)O)CCOC1c1ccc(Cl)c(F)c1. The van der Waals surface area contributed by atoms with Crippen molar-refractivity contribution in [1.29, 1.82) is 0 Å². The van der Waals surface area contributed by atoms with Crippen molar-refractivity contribution < 1.29 is 33.3 Å². The molecule has 0 saturated carbocycles. The lowest BCUT2D eigenvalue weighted by Crippen LogP contribution is -2.40. The number of carbonyl (C=O) groups excluding carboxylic acids is 1. The molecule has 2 atom stereocenters. The molecule has 2 heterocycles. The van der Waals surface area contributed by atoms with Crippen LogP contribution in [0.5, 0.6) is 5.88 Å². The Morgan fingerprint density at radius 2 is 2.17 bits per heavy atom. The number of carboxylic acid groups (broad SMARTS) is 1. The number of halogens is 2. The number of carbonyl (C=O) groups is 2. The largest absolute Gasteiger partial charge is 0.469 e. The zero-order valence-electron chi connectivity index (χ0n) is 15.4. The van der Waals surface area contributed by atoms with E-state index in [1.54, 1.807) is 6.07 Å². The lowest BCUT2D eigenvalue weighted by Gasteiger charge is -2.27. The quantitative estimate of drug-likeness (QED) is 0.753. The van der Waals surface area contributed by atoms with Crippen molar-refractivity contribution in [2.24, 2.45) is 0 Å². The molecule has 1 fully saturated rings. The lowest BCUT2D eigenvalue weighted by atomic mass is 10.0. The van der Waals surface area contributed by atoms with Crippen molar-refractivity contribution in [2.75, 3.05) is 26.8 Å². The van der Waals surface area contributed by atoms with Gasteiger partial charge in [-0.25, -0.2) is 19.0 Å². The van der Waals surface area contributed by atoms with Crippen LogP contribution in [0.15, 0.2) is 36.5 Å². The van der Waals surface area contributed by atoms with E-state index in [-0.39, 0.29) is 36.2 Å².